The van der Waals surface area contributed by atoms with E-state index in [9.17, 15) is 29.2 Å². The Balaban J connectivity index is 1.90. The molecule has 164 valence electrons. The third-order valence-electron chi connectivity index (χ3n) is 5.24. The van der Waals surface area contributed by atoms with Crippen LogP contribution in [0.3, 0.4) is 0 Å². The molecule has 9 nitrogen and oxygen atoms in total. The van der Waals surface area contributed by atoms with Gasteiger partial charge in [-0.2, -0.15) is 0 Å². The van der Waals surface area contributed by atoms with Crippen LogP contribution in [0.5, 0.6) is 0 Å². The maximum Gasteiger partial charge on any atom is 0.342 e. The number of aromatic nitrogens is 2. The number of carbonyl (C=O) groups is 2. The topological polar surface area (TPSA) is 119 Å². The summed E-state index contributed by atoms with van der Waals surface area (Å²) in [6, 6.07) is 3.99. The van der Waals surface area contributed by atoms with Crippen molar-refractivity contribution in [2.75, 3.05) is 6.54 Å². The van der Waals surface area contributed by atoms with Crippen molar-refractivity contribution in [3.05, 3.63) is 69.1 Å². The first kappa shape index (κ1) is 22.1. The number of ketones is 1. The van der Waals surface area contributed by atoms with E-state index in [1.54, 1.807) is 6.92 Å². The number of benzene rings is 1. The summed E-state index contributed by atoms with van der Waals surface area (Å²) < 4.78 is 14.6. The molecule has 3 rings (SSSR count). The maximum atomic E-state index is 13.2. The van der Waals surface area contributed by atoms with Gasteiger partial charge in [0.1, 0.15) is 29.9 Å². The van der Waals surface area contributed by atoms with Crippen molar-refractivity contribution in [3.63, 3.8) is 0 Å². The fourth-order valence-electron chi connectivity index (χ4n) is 3.70. The van der Waals surface area contributed by atoms with Crippen molar-refractivity contribution in [1.29, 1.82) is 0 Å². The summed E-state index contributed by atoms with van der Waals surface area (Å²) in [6.45, 7) is 5.57. The largest absolute Gasteiger partial charge is 0.509 e. The molecule has 0 fully saturated rings. The van der Waals surface area contributed by atoms with Gasteiger partial charge in [-0.05, 0) is 41.5 Å². The molecule has 1 amide bonds. The Morgan fingerprint density at radius 3 is 2.52 bits per heavy atom. The molecule has 0 saturated carbocycles. The number of nitro groups is 1. The fourth-order valence-corrected chi connectivity index (χ4v) is 3.70. The predicted octanol–water partition coefficient (Wildman–Crippen LogP) is 3.19. The van der Waals surface area contributed by atoms with E-state index < -0.39 is 28.5 Å². The number of rotatable bonds is 8. The Labute approximate surface area is 178 Å². The Bertz CT molecular complexity index is 1060. The molecule has 0 unspecified atom stereocenters. The van der Waals surface area contributed by atoms with Crippen LogP contribution in [-0.4, -0.2) is 48.8 Å². The lowest BCUT2D eigenvalue weighted by Gasteiger charge is -2.26. The number of hydrogen-bond donors (Lipinski definition) is 1. The highest BCUT2D eigenvalue weighted by Crippen LogP contribution is 2.31. The summed E-state index contributed by atoms with van der Waals surface area (Å²) in [4.78, 5) is 42.0. The average molecular weight is 430 g/mol. The Hall–Kier alpha value is -3.56. The molecule has 0 bridgehead atoms. The molecule has 2 heterocycles. The normalized spacial score (nSPS) is 16.5. The molecular formula is C21H23FN4O5. The minimum atomic E-state index is -0.727. The fraction of sp³-hybridized carbons (Fsp3) is 0.381. The van der Waals surface area contributed by atoms with Gasteiger partial charge < -0.3 is 20.1 Å². The molecule has 0 aliphatic carbocycles. The highest BCUT2D eigenvalue weighted by molar-refractivity contribution is 6.27. The average Bonchev–Trinajstić information content (AvgIpc) is 3.17. The van der Waals surface area contributed by atoms with E-state index in [4.69, 9.17) is 0 Å². The standard InChI is InChI=1S/C21H23FN4O5/c1-12(2)10-16-20(28)18(19(27)14-4-6-15(22)7-5-14)21(29)25(16)9-8-24-13(3)23-11-17(24)26(30)31/h4-7,11-12,16,28H,8-10H2,1-3H3/t16-/m1/s1. The van der Waals surface area contributed by atoms with Gasteiger partial charge in [0.15, 0.2) is 5.82 Å². The van der Waals surface area contributed by atoms with E-state index >= 15 is 0 Å². The summed E-state index contributed by atoms with van der Waals surface area (Å²) in [5, 5.41) is 22.0. The molecule has 1 aliphatic rings. The molecule has 1 aromatic carbocycles. The molecule has 10 heteroatoms. The molecule has 0 saturated heterocycles. The number of aliphatic hydroxyl groups excluding tert-OH is 1. The van der Waals surface area contributed by atoms with E-state index in [0.29, 0.717) is 12.2 Å². The van der Waals surface area contributed by atoms with Crippen LogP contribution in [0.2, 0.25) is 0 Å². The minimum absolute atomic E-state index is 0.0402. The number of carbonyl (C=O) groups excluding carboxylic acids is 2. The molecular weight excluding hydrogens is 407 g/mol. The third-order valence-corrected chi connectivity index (χ3v) is 5.24. The monoisotopic (exact) mass is 430 g/mol. The van der Waals surface area contributed by atoms with E-state index in [0.717, 1.165) is 18.3 Å². The van der Waals surface area contributed by atoms with Crippen molar-refractivity contribution < 1.29 is 24.0 Å². The minimum Gasteiger partial charge on any atom is -0.509 e. The van der Waals surface area contributed by atoms with Crippen LogP contribution < -0.4 is 0 Å². The Kier molecular flexibility index (Phi) is 6.19. The Morgan fingerprint density at radius 1 is 1.29 bits per heavy atom. The number of aryl methyl sites for hydroxylation is 1. The summed E-state index contributed by atoms with van der Waals surface area (Å²) in [7, 11) is 0. The molecule has 1 atom stereocenters. The van der Waals surface area contributed by atoms with Crippen LogP contribution in [-0.2, 0) is 11.3 Å². The van der Waals surface area contributed by atoms with Crippen LogP contribution in [0.4, 0.5) is 10.2 Å². The zero-order valence-electron chi connectivity index (χ0n) is 17.4. The number of Topliss-reactive ketones (excluding diaryl/α,β-unsaturated/α-hetero) is 1. The number of nitrogens with zero attached hydrogens (tertiary/aromatic N) is 4. The van der Waals surface area contributed by atoms with Crippen LogP contribution in [0.15, 0.2) is 41.8 Å². The lowest BCUT2D eigenvalue weighted by molar-refractivity contribution is -0.392. The predicted molar refractivity (Wildman–Crippen MR) is 109 cm³/mol. The van der Waals surface area contributed by atoms with Gasteiger partial charge in [0.05, 0.1) is 12.6 Å². The second-order valence-corrected chi connectivity index (χ2v) is 7.81. The van der Waals surface area contributed by atoms with Gasteiger partial charge in [-0.15, -0.1) is 0 Å². The molecule has 0 spiro atoms. The van der Waals surface area contributed by atoms with Gasteiger partial charge >= 0.3 is 5.82 Å². The number of halogens is 1. The molecule has 2 aromatic rings. The van der Waals surface area contributed by atoms with E-state index in [1.807, 2.05) is 13.8 Å². The van der Waals surface area contributed by atoms with Crippen molar-refractivity contribution in [3.8, 4) is 0 Å². The maximum absolute atomic E-state index is 13.2. The van der Waals surface area contributed by atoms with E-state index in [-0.39, 0.29) is 41.7 Å². The van der Waals surface area contributed by atoms with Gasteiger partial charge in [-0.25, -0.2) is 13.9 Å². The number of amides is 1. The number of hydrogen-bond acceptors (Lipinski definition) is 6. The molecule has 31 heavy (non-hydrogen) atoms. The van der Waals surface area contributed by atoms with Gasteiger partial charge in [0, 0.05) is 12.5 Å². The van der Waals surface area contributed by atoms with Gasteiger partial charge in [-0.1, -0.05) is 13.8 Å². The molecule has 1 N–H and O–H groups in total. The quantitative estimate of drug-likeness (QED) is 0.297. The lowest BCUT2D eigenvalue weighted by atomic mass is 9.99. The zero-order valence-corrected chi connectivity index (χ0v) is 17.4. The summed E-state index contributed by atoms with van der Waals surface area (Å²) in [5.41, 5.74) is -0.267. The van der Waals surface area contributed by atoms with Crippen LogP contribution >= 0.6 is 0 Å². The van der Waals surface area contributed by atoms with E-state index in [2.05, 4.69) is 4.98 Å². The van der Waals surface area contributed by atoms with Gasteiger partial charge in [0.2, 0.25) is 5.78 Å². The lowest BCUT2D eigenvalue weighted by Crippen LogP contribution is -2.39. The van der Waals surface area contributed by atoms with Crippen LogP contribution in [0.25, 0.3) is 0 Å². The second-order valence-electron chi connectivity index (χ2n) is 7.81. The first-order valence-electron chi connectivity index (χ1n) is 9.82. The first-order chi connectivity index (χ1) is 14.6. The van der Waals surface area contributed by atoms with Gasteiger partial charge in [-0.3, -0.25) is 9.59 Å². The summed E-state index contributed by atoms with van der Waals surface area (Å²) in [6.07, 6.45) is 1.55. The summed E-state index contributed by atoms with van der Waals surface area (Å²) in [5.74, 6) is -1.88. The highest BCUT2D eigenvalue weighted by Gasteiger charge is 2.43. The first-order valence-corrected chi connectivity index (χ1v) is 9.82. The number of aliphatic hydroxyl groups is 1. The molecule has 1 aliphatic heterocycles. The third kappa shape index (κ3) is 4.32. The van der Waals surface area contributed by atoms with Crippen molar-refractivity contribution in [1.82, 2.24) is 14.5 Å². The molecule has 1 aromatic heterocycles. The SMILES string of the molecule is Cc1ncc([N+](=O)[O-])n1CCN1C(=O)C(C(=O)c2ccc(F)cc2)=C(O)[C@H]1CC(C)C. The highest BCUT2D eigenvalue weighted by atomic mass is 19.1. The van der Waals surface area contributed by atoms with Crippen molar-refractivity contribution in [2.45, 2.75) is 39.8 Å². The second kappa shape index (κ2) is 8.66. The summed E-state index contributed by atoms with van der Waals surface area (Å²) >= 11 is 0. The smallest absolute Gasteiger partial charge is 0.342 e. The zero-order chi connectivity index (χ0) is 22.9. The van der Waals surface area contributed by atoms with Crippen LogP contribution in [0, 0.1) is 28.8 Å². The molecule has 0 radical (unpaired) electrons. The van der Waals surface area contributed by atoms with E-state index in [1.165, 1.54) is 21.6 Å². The van der Waals surface area contributed by atoms with Crippen molar-refractivity contribution in [2.24, 2.45) is 5.92 Å². The van der Waals surface area contributed by atoms with Crippen molar-refractivity contribution >= 4 is 17.5 Å². The van der Waals surface area contributed by atoms with Crippen LogP contribution in [0.1, 0.15) is 36.5 Å². The number of imidazole rings is 1. The Morgan fingerprint density at radius 2 is 1.94 bits per heavy atom. The van der Waals surface area contributed by atoms with Gasteiger partial charge in [0.25, 0.3) is 5.91 Å².